The van der Waals surface area contributed by atoms with Crippen LogP contribution >= 0.6 is 0 Å². The second-order valence-electron chi connectivity index (χ2n) is 4.22. The van der Waals surface area contributed by atoms with Gasteiger partial charge in [0.25, 0.3) is 0 Å². The zero-order chi connectivity index (χ0) is 15.5. The number of rotatable bonds is 4. The first kappa shape index (κ1) is 14.1. The molecule has 0 fully saturated rings. The molecule has 0 spiro atoms. The minimum absolute atomic E-state index is 0.244. The Balaban J connectivity index is 1.89. The molecule has 0 bridgehead atoms. The molecule has 5 nitrogen and oxygen atoms in total. The van der Waals surface area contributed by atoms with Crippen LogP contribution in [0, 0.1) is 5.82 Å². The van der Waals surface area contributed by atoms with Crippen LogP contribution in [0.4, 0.5) is 13.2 Å². The second kappa shape index (κ2) is 5.84. The normalized spacial score (nSPS) is 10.9. The number of halogens is 3. The fourth-order valence-corrected chi connectivity index (χ4v) is 1.83. The Morgan fingerprint density at radius 2 is 1.95 bits per heavy atom. The molecule has 0 saturated heterocycles. The van der Waals surface area contributed by atoms with Crippen LogP contribution < -0.4 is 4.74 Å². The first-order chi connectivity index (χ1) is 10.6. The molecule has 2 heterocycles. The fourth-order valence-electron chi connectivity index (χ4n) is 1.83. The quantitative estimate of drug-likeness (QED) is 0.743. The van der Waals surface area contributed by atoms with Crippen LogP contribution in [0.5, 0.6) is 5.75 Å². The van der Waals surface area contributed by atoms with Crippen molar-refractivity contribution >= 4 is 0 Å². The predicted octanol–water partition coefficient (Wildman–Crippen LogP) is 3.07. The summed E-state index contributed by atoms with van der Waals surface area (Å²) in [6.45, 7) is -3.08. The van der Waals surface area contributed by atoms with Gasteiger partial charge in [0, 0.05) is 11.8 Å². The number of hydrogen-bond donors (Lipinski definition) is 0. The van der Waals surface area contributed by atoms with Gasteiger partial charge in [-0.1, -0.05) is 6.07 Å². The summed E-state index contributed by atoms with van der Waals surface area (Å²) in [6, 6.07) is 8.84. The topological polar surface area (TPSA) is 52.8 Å². The smallest absolute Gasteiger partial charge is 0.387 e. The molecule has 0 amide bonds. The zero-order valence-corrected chi connectivity index (χ0v) is 11.0. The van der Waals surface area contributed by atoms with Crippen LogP contribution in [0.15, 0.2) is 48.9 Å². The van der Waals surface area contributed by atoms with Gasteiger partial charge in [0.2, 0.25) is 0 Å². The number of aromatic nitrogens is 4. The second-order valence-corrected chi connectivity index (χ2v) is 4.22. The van der Waals surface area contributed by atoms with E-state index in [-0.39, 0.29) is 5.82 Å². The van der Waals surface area contributed by atoms with E-state index in [0.717, 1.165) is 12.1 Å². The highest BCUT2D eigenvalue weighted by molar-refractivity contribution is 5.56. The number of ether oxygens (including phenoxy) is 1. The van der Waals surface area contributed by atoms with E-state index in [1.807, 2.05) is 0 Å². The number of nitrogens with zero attached hydrogens (tertiary/aromatic N) is 4. The summed E-state index contributed by atoms with van der Waals surface area (Å²) in [5.74, 6) is -0.637. The van der Waals surface area contributed by atoms with Gasteiger partial charge in [-0.05, 0) is 30.3 Å². The minimum Gasteiger partial charge on any atom is -0.432 e. The summed E-state index contributed by atoms with van der Waals surface area (Å²) < 4.78 is 43.3. The number of alkyl halides is 2. The van der Waals surface area contributed by atoms with Crippen LogP contribution in [-0.2, 0) is 0 Å². The fraction of sp³-hybridized carbons (Fsp3) is 0.0714. The first-order valence-corrected chi connectivity index (χ1v) is 6.21. The molecule has 1 aromatic carbocycles. The third-order valence-electron chi connectivity index (χ3n) is 2.78. The maximum atomic E-state index is 13.7. The van der Waals surface area contributed by atoms with Crippen molar-refractivity contribution in [2.45, 2.75) is 6.61 Å². The summed E-state index contributed by atoms with van der Waals surface area (Å²) in [6.07, 6.45) is 3.03. The SMILES string of the molecule is Fc1cc(-c2ncn(-c3ccccn3)n2)ccc1OC(F)F. The molecule has 2 aromatic heterocycles. The molecule has 0 atom stereocenters. The Morgan fingerprint density at radius 1 is 1.09 bits per heavy atom. The summed E-state index contributed by atoms with van der Waals surface area (Å²) >= 11 is 0. The average Bonchev–Trinajstić information content (AvgIpc) is 3.00. The third-order valence-corrected chi connectivity index (χ3v) is 2.78. The summed E-state index contributed by atoms with van der Waals surface area (Å²) in [5.41, 5.74) is 0.341. The molecule has 0 N–H and O–H groups in total. The van der Waals surface area contributed by atoms with Gasteiger partial charge >= 0.3 is 6.61 Å². The van der Waals surface area contributed by atoms with E-state index in [4.69, 9.17) is 0 Å². The van der Waals surface area contributed by atoms with Crippen LogP contribution in [0.2, 0.25) is 0 Å². The van der Waals surface area contributed by atoms with Crippen LogP contribution in [0.1, 0.15) is 0 Å². The monoisotopic (exact) mass is 306 g/mol. The lowest BCUT2D eigenvalue weighted by Gasteiger charge is -2.06. The standard InChI is InChI=1S/C14H9F3N4O/c15-10-7-9(4-5-11(10)22-14(16)17)13-19-8-21(20-13)12-3-1-2-6-18-12/h1-8,14H. The van der Waals surface area contributed by atoms with E-state index in [2.05, 4.69) is 19.8 Å². The minimum atomic E-state index is -3.08. The van der Waals surface area contributed by atoms with Gasteiger partial charge in [-0.3, -0.25) is 0 Å². The molecule has 112 valence electrons. The van der Waals surface area contributed by atoms with Crippen molar-refractivity contribution in [3.63, 3.8) is 0 Å². The summed E-state index contributed by atoms with van der Waals surface area (Å²) in [5, 5.41) is 4.17. The number of hydrogen-bond acceptors (Lipinski definition) is 4. The van der Waals surface area contributed by atoms with E-state index >= 15 is 0 Å². The Kier molecular flexibility index (Phi) is 3.73. The Hall–Kier alpha value is -2.90. The predicted molar refractivity (Wildman–Crippen MR) is 71.2 cm³/mol. The van der Waals surface area contributed by atoms with Crippen molar-refractivity contribution in [3.05, 3.63) is 54.7 Å². The van der Waals surface area contributed by atoms with Crippen LogP contribution in [0.25, 0.3) is 17.2 Å². The third kappa shape index (κ3) is 2.90. The van der Waals surface area contributed by atoms with Crippen LogP contribution in [-0.4, -0.2) is 26.4 Å². The average molecular weight is 306 g/mol. The molecule has 3 rings (SSSR count). The molecular weight excluding hydrogens is 297 g/mol. The van der Waals surface area contributed by atoms with Gasteiger partial charge in [0.05, 0.1) is 0 Å². The largest absolute Gasteiger partial charge is 0.432 e. The van der Waals surface area contributed by atoms with Gasteiger partial charge in [0.15, 0.2) is 23.2 Å². The highest BCUT2D eigenvalue weighted by atomic mass is 19.3. The molecular formula is C14H9F3N4O. The van der Waals surface area contributed by atoms with E-state index in [1.54, 1.807) is 24.4 Å². The first-order valence-electron chi connectivity index (χ1n) is 6.21. The van der Waals surface area contributed by atoms with E-state index < -0.39 is 18.2 Å². The molecule has 0 aliphatic heterocycles. The summed E-state index contributed by atoms with van der Waals surface area (Å²) in [7, 11) is 0. The van der Waals surface area contributed by atoms with E-state index in [9.17, 15) is 13.2 Å². The van der Waals surface area contributed by atoms with Gasteiger partial charge in [-0.25, -0.2) is 19.0 Å². The molecule has 3 aromatic rings. The van der Waals surface area contributed by atoms with Crippen molar-refractivity contribution in [1.82, 2.24) is 19.7 Å². The lowest BCUT2D eigenvalue weighted by atomic mass is 10.2. The van der Waals surface area contributed by atoms with Gasteiger partial charge in [-0.2, -0.15) is 8.78 Å². The van der Waals surface area contributed by atoms with Crippen molar-refractivity contribution in [1.29, 1.82) is 0 Å². The van der Waals surface area contributed by atoms with Gasteiger partial charge in [-0.15, -0.1) is 5.10 Å². The number of pyridine rings is 1. The Bertz CT molecular complexity index is 777. The van der Waals surface area contributed by atoms with E-state index in [1.165, 1.54) is 17.1 Å². The lowest BCUT2D eigenvalue weighted by molar-refractivity contribution is -0.0521. The molecule has 8 heteroatoms. The summed E-state index contributed by atoms with van der Waals surface area (Å²) in [4.78, 5) is 8.15. The Labute approximate surface area is 123 Å². The van der Waals surface area contributed by atoms with Crippen LogP contribution in [0.3, 0.4) is 0 Å². The highest BCUT2D eigenvalue weighted by Gasteiger charge is 2.13. The molecule has 0 radical (unpaired) electrons. The lowest BCUT2D eigenvalue weighted by Crippen LogP contribution is -2.03. The maximum absolute atomic E-state index is 13.7. The van der Waals surface area contributed by atoms with Crippen molar-refractivity contribution in [3.8, 4) is 23.0 Å². The van der Waals surface area contributed by atoms with E-state index in [0.29, 0.717) is 11.4 Å². The molecule has 0 aliphatic rings. The van der Waals surface area contributed by atoms with Crippen molar-refractivity contribution in [2.75, 3.05) is 0 Å². The highest BCUT2D eigenvalue weighted by Crippen LogP contribution is 2.24. The maximum Gasteiger partial charge on any atom is 0.387 e. The Morgan fingerprint density at radius 3 is 2.64 bits per heavy atom. The zero-order valence-electron chi connectivity index (χ0n) is 11.0. The molecule has 0 unspecified atom stereocenters. The molecule has 0 aliphatic carbocycles. The number of benzene rings is 1. The van der Waals surface area contributed by atoms with Crippen molar-refractivity contribution < 1.29 is 17.9 Å². The van der Waals surface area contributed by atoms with Crippen molar-refractivity contribution in [2.24, 2.45) is 0 Å². The molecule has 22 heavy (non-hydrogen) atoms. The van der Waals surface area contributed by atoms with Gasteiger partial charge in [0.1, 0.15) is 6.33 Å². The van der Waals surface area contributed by atoms with Gasteiger partial charge < -0.3 is 4.74 Å². The molecule has 0 saturated carbocycles.